The summed E-state index contributed by atoms with van der Waals surface area (Å²) in [4.78, 5) is 14.5. The molecule has 0 atom stereocenters. The molecule has 0 saturated carbocycles. The molecule has 0 aliphatic carbocycles. The van der Waals surface area contributed by atoms with Crippen LogP contribution in [0.25, 0.3) is 0 Å². The molecular weight excluding hydrogens is 334 g/mol. The van der Waals surface area contributed by atoms with Gasteiger partial charge in [-0.25, -0.2) is 4.79 Å². The zero-order valence-electron chi connectivity index (χ0n) is 15.8. The number of ether oxygens (including phenoxy) is 2. The lowest BCUT2D eigenvalue weighted by molar-refractivity contribution is 0.0832. The van der Waals surface area contributed by atoms with Crippen molar-refractivity contribution in [3.63, 3.8) is 0 Å². The number of carbonyl (C=O) groups is 1. The molecule has 140 valence electrons. The third-order valence-corrected chi connectivity index (χ3v) is 4.21. The summed E-state index contributed by atoms with van der Waals surface area (Å²) < 4.78 is 16.6. The van der Waals surface area contributed by atoms with Crippen molar-refractivity contribution in [3.8, 4) is 11.5 Å². The second-order valence-corrected chi connectivity index (χ2v) is 7.39. The lowest BCUT2D eigenvalue weighted by Gasteiger charge is -2.29. The van der Waals surface area contributed by atoms with Gasteiger partial charge >= 0.3 is 6.03 Å². The molecule has 2 amide bonds. The Labute approximate surface area is 153 Å². The van der Waals surface area contributed by atoms with E-state index in [4.69, 9.17) is 14.0 Å². The number of amides is 2. The largest absolute Gasteiger partial charge is 0.497 e. The van der Waals surface area contributed by atoms with Gasteiger partial charge in [-0.1, -0.05) is 19.0 Å². The first-order chi connectivity index (χ1) is 12.3. The molecular formula is C19H25N3O4. The van der Waals surface area contributed by atoms with Gasteiger partial charge in [0.15, 0.2) is 5.82 Å². The lowest BCUT2D eigenvalue weighted by atomic mass is 10.1. The van der Waals surface area contributed by atoms with E-state index < -0.39 is 5.60 Å². The van der Waals surface area contributed by atoms with Gasteiger partial charge in [0, 0.05) is 23.6 Å². The number of nitrogens with one attached hydrogen (secondary N) is 1. The number of fused-ring (bicyclic) bond motifs is 1. The SMILES string of the molecule is COc1ccc2c(c1)OC(C)(C)CN(C(=O)Nc1cc(C(C)C)on1)C2. The van der Waals surface area contributed by atoms with E-state index in [0.717, 1.165) is 22.8 Å². The van der Waals surface area contributed by atoms with Gasteiger partial charge in [0.05, 0.1) is 20.2 Å². The summed E-state index contributed by atoms with van der Waals surface area (Å²) in [5.74, 6) is 2.81. The van der Waals surface area contributed by atoms with E-state index >= 15 is 0 Å². The van der Waals surface area contributed by atoms with E-state index in [9.17, 15) is 4.79 Å². The molecule has 1 aliphatic rings. The number of nitrogens with zero attached hydrogens (tertiary/aromatic N) is 2. The zero-order chi connectivity index (χ0) is 18.9. The van der Waals surface area contributed by atoms with E-state index in [-0.39, 0.29) is 11.9 Å². The minimum Gasteiger partial charge on any atom is -0.497 e. The number of aromatic nitrogens is 1. The summed E-state index contributed by atoms with van der Waals surface area (Å²) in [5.41, 5.74) is 0.386. The Hall–Kier alpha value is -2.70. The number of methoxy groups -OCH3 is 1. The molecule has 0 spiro atoms. The van der Waals surface area contributed by atoms with E-state index in [1.807, 2.05) is 45.9 Å². The van der Waals surface area contributed by atoms with Crippen molar-refractivity contribution in [1.82, 2.24) is 10.1 Å². The molecule has 1 aliphatic heterocycles. The van der Waals surface area contributed by atoms with Crippen LogP contribution < -0.4 is 14.8 Å². The molecule has 0 radical (unpaired) electrons. The van der Waals surface area contributed by atoms with Crippen LogP contribution in [0.15, 0.2) is 28.8 Å². The number of benzene rings is 1. The Morgan fingerprint density at radius 2 is 2.12 bits per heavy atom. The molecule has 3 rings (SSSR count). The Morgan fingerprint density at radius 3 is 2.77 bits per heavy atom. The van der Waals surface area contributed by atoms with Crippen molar-refractivity contribution in [1.29, 1.82) is 0 Å². The van der Waals surface area contributed by atoms with Gasteiger partial charge in [0.1, 0.15) is 22.9 Å². The van der Waals surface area contributed by atoms with Crippen LogP contribution >= 0.6 is 0 Å². The van der Waals surface area contributed by atoms with E-state index in [2.05, 4.69) is 10.5 Å². The average Bonchev–Trinajstić information content (AvgIpc) is 2.98. The first-order valence-corrected chi connectivity index (χ1v) is 8.66. The fourth-order valence-electron chi connectivity index (χ4n) is 2.89. The highest BCUT2D eigenvalue weighted by Gasteiger charge is 2.32. The number of anilines is 1. The predicted octanol–water partition coefficient (Wildman–Crippen LogP) is 4.01. The second kappa shape index (κ2) is 6.90. The fraction of sp³-hybridized carbons (Fsp3) is 0.474. The minimum atomic E-state index is -0.540. The highest BCUT2D eigenvalue weighted by Crippen LogP contribution is 2.32. The molecule has 0 unspecified atom stereocenters. The first kappa shape index (κ1) is 18.1. The van der Waals surface area contributed by atoms with Crippen LogP contribution in [0.3, 0.4) is 0 Å². The van der Waals surface area contributed by atoms with Crippen LogP contribution in [0.4, 0.5) is 10.6 Å². The molecule has 1 aromatic carbocycles. The molecule has 2 aromatic rings. The average molecular weight is 359 g/mol. The normalized spacial score (nSPS) is 15.8. The van der Waals surface area contributed by atoms with Gasteiger partial charge in [-0.05, 0) is 26.0 Å². The van der Waals surface area contributed by atoms with E-state index in [1.54, 1.807) is 18.1 Å². The van der Waals surface area contributed by atoms with Crippen molar-refractivity contribution < 1.29 is 18.8 Å². The third-order valence-electron chi connectivity index (χ3n) is 4.21. The first-order valence-electron chi connectivity index (χ1n) is 8.66. The summed E-state index contributed by atoms with van der Waals surface area (Å²) in [6.45, 7) is 8.79. The molecule has 0 fully saturated rings. The molecule has 7 nitrogen and oxygen atoms in total. The zero-order valence-corrected chi connectivity index (χ0v) is 15.8. The van der Waals surface area contributed by atoms with Crippen molar-refractivity contribution in [2.24, 2.45) is 0 Å². The predicted molar refractivity (Wildman–Crippen MR) is 97.7 cm³/mol. The summed E-state index contributed by atoms with van der Waals surface area (Å²) in [6.07, 6.45) is 0. The molecule has 0 saturated heterocycles. The van der Waals surface area contributed by atoms with Gasteiger partial charge < -0.3 is 18.9 Å². The third kappa shape index (κ3) is 3.92. The van der Waals surface area contributed by atoms with Crippen LogP contribution in [0, 0.1) is 0 Å². The van der Waals surface area contributed by atoms with Gasteiger partial charge in [-0.2, -0.15) is 0 Å². The molecule has 1 aromatic heterocycles. The molecule has 0 bridgehead atoms. The van der Waals surface area contributed by atoms with Crippen LogP contribution in [-0.4, -0.2) is 35.3 Å². The van der Waals surface area contributed by atoms with Gasteiger partial charge in [0.2, 0.25) is 0 Å². The van der Waals surface area contributed by atoms with E-state index in [1.165, 1.54) is 0 Å². The number of urea groups is 1. The maximum atomic E-state index is 12.8. The molecule has 2 heterocycles. The number of carbonyl (C=O) groups excluding carboxylic acids is 1. The number of rotatable bonds is 3. The lowest BCUT2D eigenvalue weighted by Crippen LogP contribution is -2.44. The Kier molecular flexibility index (Phi) is 4.80. The molecule has 26 heavy (non-hydrogen) atoms. The van der Waals surface area contributed by atoms with Gasteiger partial charge in [-0.15, -0.1) is 0 Å². The topological polar surface area (TPSA) is 76.8 Å². The minimum absolute atomic E-state index is 0.209. The van der Waals surface area contributed by atoms with Crippen LogP contribution in [0.2, 0.25) is 0 Å². The van der Waals surface area contributed by atoms with Gasteiger partial charge in [-0.3, -0.25) is 5.32 Å². The smallest absolute Gasteiger partial charge is 0.323 e. The highest BCUT2D eigenvalue weighted by molar-refractivity contribution is 5.88. The maximum absolute atomic E-state index is 12.8. The Balaban J connectivity index is 1.80. The summed E-state index contributed by atoms with van der Waals surface area (Å²) in [7, 11) is 1.62. The van der Waals surface area contributed by atoms with Crippen molar-refractivity contribution in [3.05, 3.63) is 35.6 Å². The van der Waals surface area contributed by atoms with Crippen LogP contribution in [0.5, 0.6) is 11.5 Å². The summed E-state index contributed by atoms with van der Waals surface area (Å²) in [6, 6.07) is 7.15. The fourth-order valence-corrected chi connectivity index (χ4v) is 2.89. The monoisotopic (exact) mass is 359 g/mol. The Bertz CT molecular complexity index is 798. The maximum Gasteiger partial charge on any atom is 0.323 e. The van der Waals surface area contributed by atoms with Crippen molar-refractivity contribution >= 4 is 11.8 Å². The van der Waals surface area contributed by atoms with Crippen LogP contribution in [-0.2, 0) is 6.54 Å². The standard InChI is InChI=1S/C19H25N3O4/c1-12(2)15-9-17(21-26-15)20-18(23)22-10-13-6-7-14(24-5)8-16(13)25-19(3,4)11-22/h6-9,12H,10-11H2,1-5H3,(H,20,21,23). The molecule has 1 N–H and O–H groups in total. The molecule has 7 heteroatoms. The highest BCUT2D eigenvalue weighted by atomic mass is 16.5. The van der Waals surface area contributed by atoms with Crippen molar-refractivity contribution in [2.45, 2.75) is 45.8 Å². The van der Waals surface area contributed by atoms with Gasteiger partial charge in [0.25, 0.3) is 0 Å². The Morgan fingerprint density at radius 1 is 1.35 bits per heavy atom. The second-order valence-electron chi connectivity index (χ2n) is 7.39. The summed E-state index contributed by atoms with van der Waals surface area (Å²) in [5, 5.41) is 6.73. The number of hydrogen-bond donors (Lipinski definition) is 1. The quantitative estimate of drug-likeness (QED) is 0.896. The van der Waals surface area contributed by atoms with E-state index in [0.29, 0.717) is 18.9 Å². The van der Waals surface area contributed by atoms with Crippen LogP contribution in [0.1, 0.15) is 44.9 Å². The van der Waals surface area contributed by atoms with Crippen molar-refractivity contribution in [2.75, 3.05) is 19.0 Å². The summed E-state index contributed by atoms with van der Waals surface area (Å²) >= 11 is 0. The number of hydrogen-bond acceptors (Lipinski definition) is 5.